The topological polar surface area (TPSA) is 76.4 Å². The van der Waals surface area contributed by atoms with Gasteiger partial charge in [0.25, 0.3) is 5.91 Å². The van der Waals surface area contributed by atoms with Gasteiger partial charge in [-0.3, -0.25) is 14.4 Å². The maximum absolute atomic E-state index is 12.8. The van der Waals surface area contributed by atoms with Gasteiger partial charge in [0.15, 0.2) is 0 Å². The van der Waals surface area contributed by atoms with E-state index in [0.29, 0.717) is 31.9 Å². The van der Waals surface area contributed by atoms with Crippen molar-refractivity contribution in [2.24, 2.45) is 7.05 Å². The monoisotopic (exact) mass is 384 g/mol. The molecule has 0 radical (unpaired) electrons. The van der Waals surface area contributed by atoms with Crippen LogP contribution in [0, 0.1) is 6.92 Å². The van der Waals surface area contributed by atoms with Gasteiger partial charge in [0, 0.05) is 44.6 Å². The zero-order valence-corrected chi connectivity index (χ0v) is 16.7. The van der Waals surface area contributed by atoms with Gasteiger partial charge in [-0.15, -0.1) is 0 Å². The molecule has 2 aliphatic rings. The van der Waals surface area contributed by atoms with Crippen molar-refractivity contribution in [3.8, 4) is 0 Å². The lowest BCUT2D eigenvalue weighted by molar-refractivity contribution is 0.0301. The van der Waals surface area contributed by atoms with Crippen LogP contribution < -0.4 is 0 Å². The molecule has 8 nitrogen and oxygen atoms in total. The van der Waals surface area contributed by atoms with Crippen LogP contribution in [0.15, 0.2) is 18.6 Å². The second-order valence-electron chi connectivity index (χ2n) is 7.64. The minimum Gasteiger partial charge on any atom is -0.378 e. The van der Waals surface area contributed by atoms with E-state index < -0.39 is 0 Å². The third-order valence-corrected chi connectivity index (χ3v) is 5.58. The molecule has 4 heterocycles. The molecule has 2 saturated heterocycles. The van der Waals surface area contributed by atoms with E-state index in [1.54, 1.807) is 6.20 Å². The molecule has 0 bridgehead atoms. The van der Waals surface area contributed by atoms with Crippen molar-refractivity contribution in [2.75, 3.05) is 32.8 Å². The number of carbonyl (C=O) groups is 1. The molecular weight excluding hydrogens is 356 g/mol. The van der Waals surface area contributed by atoms with Gasteiger partial charge in [0.05, 0.1) is 36.7 Å². The number of hydrogen-bond donors (Lipinski definition) is 0. The summed E-state index contributed by atoms with van der Waals surface area (Å²) in [5.74, 6) is 0.822. The van der Waals surface area contributed by atoms with E-state index in [0.717, 1.165) is 31.0 Å². The van der Waals surface area contributed by atoms with Crippen molar-refractivity contribution in [3.05, 3.63) is 41.2 Å². The van der Waals surface area contributed by atoms with Gasteiger partial charge in [-0.05, 0) is 26.3 Å². The Morgan fingerprint density at radius 2 is 2.04 bits per heavy atom. The predicted octanol–water partition coefficient (Wildman–Crippen LogP) is 1.72. The molecule has 0 aromatic carbocycles. The van der Waals surface area contributed by atoms with E-state index in [1.165, 1.54) is 18.4 Å². The lowest BCUT2D eigenvalue weighted by atomic mass is 10.0. The summed E-state index contributed by atoms with van der Waals surface area (Å²) < 4.78 is 7.17. The van der Waals surface area contributed by atoms with Crippen LogP contribution >= 0.6 is 0 Å². The summed E-state index contributed by atoms with van der Waals surface area (Å²) in [6, 6.07) is 0.181. The Balaban J connectivity index is 1.52. The van der Waals surface area contributed by atoms with Crippen LogP contribution in [-0.4, -0.2) is 68.3 Å². The molecule has 0 N–H and O–H groups in total. The largest absolute Gasteiger partial charge is 0.378 e. The smallest absolute Gasteiger partial charge is 0.257 e. The van der Waals surface area contributed by atoms with E-state index in [-0.39, 0.29) is 11.9 Å². The molecule has 8 heteroatoms. The fraction of sp³-hybridized carbons (Fsp3) is 0.600. The van der Waals surface area contributed by atoms with Crippen LogP contribution in [0.25, 0.3) is 0 Å². The van der Waals surface area contributed by atoms with Gasteiger partial charge in [-0.1, -0.05) is 6.42 Å². The molecular formula is C20H28N6O2. The minimum atomic E-state index is 0.00297. The van der Waals surface area contributed by atoms with Crippen LogP contribution in [0.5, 0.6) is 0 Å². The van der Waals surface area contributed by atoms with E-state index in [4.69, 9.17) is 9.72 Å². The SMILES string of the molecule is Cc1nc([C@@H]2CCCCN2Cc2cnn(C)c2)ncc1C(=O)N1CCOCC1. The summed E-state index contributed by atoms with van der Waals surface area (Å²) >= 11 is 0. The number of amides is 1. The third kappa shape index (κ3) is 4.07. The first-order valence-electron chi connectivity index (χ1n) is 10.0. The first kappa shape index (κ1) is 19.0. The molecule has 1 atom stereocenters. The zero-order valence-electron chi connectivity index (χ0n) is 16.7. The fourth-order valence-electron chi connectivity index (χ4n) is 4.05. The quantitative estimate of drug-likeness (QED) is 0.799. The van der Waals surface area contributed by atoms with Gasteiger partial charge in [-0.25, -0.2) is 9.97 Å². The number of morpholine rings is 1. The Bertz CT molecular complexity index is 830. The van der Waals surface area contributed by atoms with Crippen molar-refractivity contribution >= 4 is 5.91 Å². The average Bonchev–Trinajstić information content (AvgIpc) is 3.13. The van der Waals surface area contributed by atoms with Crippen molar-refractivity contribution in [1.82, 2.24) is 29.5 Å². The average molecular weight is 384 g/mol. The first-order valence-corrected chi connectivity index (χ1v) is 10.0. The Hall–Kier alpha value is -2.32. The molecule has 0 saturated carbocycles. The molecule has 4 rings (SSSR count). The number of ether oxygens (including phenoxy) is 1. The molecule has 0 unspecified atom stereocenters. The lowest BCUT2D eigenvalue weighted by Gasteiger charge is -2.34. The van der Waals surface area contributed by atoms with Gasteiger partial charge in [0.2, 0.25) is 0 Å². The number of likely N-dealkylation sites (tertiary alicyclic amines) is 1. The number of aromatic nitrogens is 4. The van der Waals surface area contributed by atoms with Crippen LogP contribution in [0.4, 0.5) is 0 Å². The molecule has 28 heavy (non-hydrogen) atoms. The van der Waals surface area contributed by atoms with Crippen molar-refractivity contribution in [2.45, 2.75) is 38.8 Å². The highest BCUT2D eigenvalue weighted by atomic mass is 16.5. The molecule has 2 aromatic rings. The first-order chi connectivity index (χ1) is 13.6. The van der Waals surface area contributed by atoms with E-state index in [9.17, 15) is 4.79 Å². The molecule has 1 amide bonds. The Labute approximate surface area is 165 Å². The highest BCUT2D eigenvalue weighted by Gasteiger charge is 2.28. The van der Waals surface area contributed by atoms with Gasteiger partial charge >= 0.3 is 0 Å². The second kappa shape index (κ2) is 8.36. The summed E-state index contributed by atoms with van der Waals surface area (Å²) in [6.45, 7) is 6.21. The normalized spacial score (nSPS) is 21.1. The number of carbonyl (C=O) groups excluding carboxylic acids is 1. The Morgan fingerprint density at radius 3 is 2.75 bits per heavy atom. The van der Waals surface area contributed by atoms with Crippen LogP contribution in [0.2, 0.25) is 0 Å². The lowest BCUT2D eigenvalue weighted by Crippen LogP contribution is -2.41. The third-order valence-electron chi connectivity index (χ3n) is 5.58. The number of rotatable bonds is 4. The maximum atomic E-state index is 12.8. The van der Waals surface area contributed by atoms with Gasteiger partial charge in [-0.2, -0.15) is 5.10 Å². The van der Waals surface area contributed by atoms with E-state index >= 15 is 0 Å². The van der Waals surface area contributed by atoms with E-state index in [2.05, 4.69) is 21.2 Å². The minimum absolute atomic E-state index is 0.00297. The highest BCUT2D eigenvalue weighted by molar-refractivity contribution is 5.95. The molecule has 2 aliphatic heterocycles. The zero-order chi connectivity index (χ0) is 19.5. The molecule has 2 aromatic heterocycles. The summed E-state index contributed by atoms with van der Waals surface area (Å²) in [4.78, 5) is 26.4. The second-order valence-corrected chi connectivity index (χ2v) is 7.64. The fourth-order valence-corrected chi connectivity index (χ4v) is 4.05. The number of piperidine rings is 1. The van der Waals surface area contributed by atoms with Crippen LogP contribution in [0.1, 0.15) is 52.7 Å². The number of nitrogens with zero attached hydrogens (tertiary/aromatic N) is 6. The summed E-state index contributed by atoms with van der Waals surface area (Å²) in [5.41, 5.74) is 2.55. The van der Waals surface area contributed by atoms with Gasteiger partial charge in [0.1, 0.15) is 5.82 Å². The van der Waals surface area contributed by atoms with E-state index in [1.807, 2.05) is 29.7 Å². The molecule has 2 fully saturated rings. The van der Waals surface area contributed by atoms with Crippen LogP contribution in [0.3, 0.4) is 0 Å². The van der Waals surface area contributed by atoms with Crippen molar-refractivity contribution in [1.29, 1.82) is 0 Å². The maximum Gasteiger partial charge on any atom is 0.257 e. The Morgan fingerprint density at radius 1 is 1.21 bits per heavy atom. The van der Waals surface area contributed by atoms with Crippen LogP contribution in [-0.2, 0) is 18.3 Å². The molecule has 0 aliphatic carbocycles. The number of hydrogen-bond acceptors (Lipinski definition) is 6. The highest BCUT2D eigenvalue weighted by Crippen LogP contribution is 2.30. The Kier molecular flexibility index (Phi) is 5.68. The summed E-state index contributed by atoms with van der Waals surface area (Å²) in [7, 11) is 1.94. The standard InChI is InChI=1S/C20H28N6O2/c1-15-17(20(27)25-7-9-28-10-8-25)12-21-19(23-15)18-5-3-4-6-26(18)14-16-11-22-24(2)13-16/h11-13,18H,3-10,14H2,1-2H3/t18-/m0/s1. The summed E-state index contributed by atoms with van der Waals surface area (Å²) in [5, 5.41) is 4.28. The van der Waals surface area contributed by atoms with Crippen molar-refractivity contribution < 1.29 is 9.53 Å². The van der Waals surface area contributed by atoms with Crippen molar-refractivity contribution in [3.63, 3.8) is 0 Å². The number of aryl methyl sites for hydroxylation is 2. The predicted molar refractivity (Wildman–Crippen MR) is 104 cm³/mol. The summed E-state index contributed by atoms with van der Waals surface area (Å²) in [6.07, 6.45) is 9.08. The van der Waals surface area contributed by atoms with Gasteiger partial charge < -0.3 is 9.64 Å². The molecule has 150 valence electrons. The molecule has 0 spiro atoms.